The lowest BCUT2D eigenvalue weighted by molar-refractivity contribution is -0.0761. The van der Waals surface area contributed by atoms with Gasteiger partial charge in [0.05, 0.1) is 0 Å². The molecular weight excluding hydrogens is 284 g/mol. The molecule has 2 fully saturated rings. The van der Waals surface area contributed by atoms with Gasteiger partial charge in [-0.2, -0.15) is 0 Å². The number of hydrogen-bond acceptors (Lipinski definition) is 5. The number of piperazine rings is 1. The topological polar surface area (TPSA) is 43.0 Å². The van der Waals surface area contributed by atoms with Crippen molar-refractivity contribution in [1.82, 2.24) is 10.2 Å². The molecule has 2 aliphatic rings. The Morgan fingerprint density at radius 1 is 1.19 bits per heavy atom. The summed E-state index contributed by atoms with van der Waals surface area (Å²) in [7, 11) is 3.13. The first-order valence-corrected chi connectivity index (χ1v) is 10.3. The number of nitrogens with one attached hydrogen (secondary N) is 1. The fourth-order valence-corrected chi connectivity index (χ4v) is 8.59. The van der Waals surface area contributed by atoms with Crippen LogP contribution < -0.4 is 5.32 Å². The molecule has 0 aromatic heterocycles. The number of rotatable bonds is 6. The van der Waals surface area contributed by atoms with Crippen molar-refractivity contribution in [2.45, 2.75) is 49.9 Å². The summed E-state index contributed by atoms with van der Waals surface area (Å²) in [5, 5.41) is 3.20. The predicted octanol–water partition coefficient (Wildman–Crippen LogP) is 1.51. The molecule has 2 saturated heterocycles. The van der Waals surface area contributed by atoms with Gasteiger partial charge in [0.15, 0.2) is 0 Å². The van der Waals surface area contributed by atoms with E-state index in [0.717, 1.165) is 45.1 Å². The first-order chi connectivity index (χ1) is 10.2. The molecule has 0 spiro atoms. The first kappa shape index (κ1) is 17.4. The van der Waals surface area contributed by atoms with Crippen LogP contribution in [0.3, 0.4) is 0 Å². The number of hydrogen-bond donors (Lipinski definition) is 1. The number of nitrogens with zero attached hydrogens (tertiary/aromatic N) is 1. The van der Waals surface area contributed by atoms with Gasteiger partial charge in [-0.25, -0.2) is 0 Å². The van der Waals surface area contributed by atoms with Crippen molar-refractivity contribution in [3.63, 3.8) is 0 Å². The van der Waals surface area contributed by atoms with E-state index < -0.39 is 8.56 Å². The van der Waals surface area contributed by atoms with Gasteiger partial charge >= 0.3 is 8.56 Å². The zero-order chi connectivity index (χ0) is 15.3. The lowest BCUT2D eigenvalue weighted by Crippen LogP contribution is -2.74. The van der Waals surface area contributed by atoms with Crippen molar-refractivity contribution >= 4 is 8.56 Å². The minimum atomic E-state index is -2.36. The molecule has 0 aromatic rings. The fourth-order valence-electron chi connectivity index (χ4n) is 4.45. The summed E-state index contributed by atoms with van der Waals surface area (Å²) in [6, 6.07) is 1.46. The van der Waals surface area contributed by atoms with Gasteiger partial charge < -0.3 is 18.9 Å². The highest BCUT2D eigenvalue weighted by Crippen LogP contribution is 2.45. The summed E-state index contributed by atoms with van der Waals surface area (Å²) in [5.41, 5.74) is 0. The fraction of sp³-hybridized carbons (Fsp3) is 1.00. The average Bonchev–Trinajstić information content (AvgIpc) is 2.56. The maximum Gasteiger partial charge on any atom is 0.372 e. The minimum Gasteiger partial charge on any atom is -0.396 e. The Hall–Kier alpha value is 0.0169. The van der Waals surface area contributed by atoms with Gasteiger partial charge in [0, 0.05) is 53.6 Å². The van der Waals surface area contributed by atoms with Crippen LogP contribution in [-0.2, 0) is 13.6 Å². The SMILES string of the molecule is CCCC1(OC)C(N2CCNCC2)CCC[Si]1(OC)OC. The van der Waals surface area contributed by atoms with Crippen molar-refractivity contribution in [2.24, 2.45) is 0 Å². The Labute approximate surface area is 130 Å². The first-order valence-electron chi connectivity index (χ1n) is 8.30. The van der Waals surface area contributed by atoms with Crippen LogP contribution in [0.25, 0.3) is 0 Å². The number of methoxy groups -OCH3 is 1. The van der Waals surface area contributed by atoms with E-state index in [-0.39, 0.29) is 5.22 Å². The molecule has 0 aliphatic carbocycles. The van der Waals surface area contributed by atoms with Gasteiger partial charge in [-0.15, -0.1) is 0 Å². The molecule has 0 bridgehead atoms. The van der Waals surface area contributed by atoms with E-state index >= 15 is 0 Å². The highest BCUT2D eigenvalue weighted by atomic mass is 28.4. The second-order valence-corrected chi connectivity index (χ2v) is 9.87. The van der Waals surface area contributed by atoms with E-state index in [1.165, 1.54) is 12.8 Å². The van der Waals surface area contributed by atoms with Crippen molar-refractivity contribution in [2.75, 3.05) is 47.5 Å². The molecule has 2 aliphatic heterocycles. The number of ether oxygens (including phenoxy) is 1. The summed E-state index contributed by atoms with van der Waals surface area (Å²) >= 11 is 0. The van der Waals surface area contributed by atoms with E-state index in [4.69, 9.17) is 13.6 Å². The lowest BCUT2D eigenvalue weighted by atomic mass is 9.97. The summed E-state index contributed by atoms with van der Waals surface area (Å²) in [6.45, 7) is 6.55. The predicted molar refractivity (Wildman–Crippen MR) is 86.7 cm³/mol. The van der Waals surface area contributed by atoms with E-state index in [1.807, 2.05) is 21.3 Å². The molecule has 21 heavy (non-hydrogen) atoms. The van der Waals surface area contributed by atoms with Crippen molar-refractivity contribution in [1.29, 1.82) is 0 Å². The zero-order valence-corrected chi connectivity index (χ0v) is 15.1. The molecule has 124 valence electrons. The van der Waals surface area contributed by atoms with Crippen LogP contribution in [-0.4, -0.2) is 72.2 Å². The molecule has 0 radical (unpaired) electrons. The molecule has 2 unspecified atom stereocenters. The molecule has 6 heteroatoms. The van der Waals surface area contributed by atoms with Crippen LogP contribution in [0.2, 0.25) is 6.04 Å². The maximum absolute atomic E-state index is 6.23. The second-order valence-electron chi connectivity index (χ2n) is 6.20. The van der Waals surface area contributed by atoms with Crippen molar-refractivity contribution in [3.8, 4) is 0 Å². The van der Waals surface area contributed by atoms with Crippen molar-refractivity contribution in [3.05, 3.63) is 0 Å². The van der Waals surface area contributed by atoms with Crippen LogP contribution >= 0.6 is 0 Å². The molecule has 1 N–H and O–H groups in total. The molecule has 0 saturated carbocycles. The summed E-state index contributed by atoms with van der Waals surface area (Å²) in [5.74, 6) is 0. The second kappa shape index (κ2) is 7.52. The third kappa shape index (κ3) is 2.94. The normalized spacial score (nSPS) is 34.0. The van der Waals surface area contributed by atoms with Gasteiger partial charge in [-0.1, -0.05) is 13.3 Å². The molecule has 5 nitrogen and oxygen atoms in total. The van der Waals surface area contributed by atoms with E-state index in [9.17, 15) is 0 Å². The van der Waals surface area contributed by atoms with Gasteiger partial charge in [-0.05, 0) is 25.3 Å². The maximum atomic E-state index is 6.23. The van der Waals surface area contributed by atoms with Gasteiger partial charge in [0.1, 0.15) is 5.22 Å². The summed E-state index contributed by atoms with van der Waals surface area (Å²) < 4.78 is 18.3. The van der Waals surface area contributed by atoms with Crippen LogP contribution in [0, 0.1) is 0 Å². The summed E-state index contributed by atoms with van der Waals surface area (Å²) in [4.78, 5) is 2.61. The largest absolute Gasteiger partial charge is 0.396 e. The third-order valence-electron chi connectivity index (χ3n) is 5.40. The summed E-state index contributed by atoms with van der Waals surface area (Å²) in [6.07, 6.45) is 4.48. The van der Waals surface area contributed by atoms with Crippen LogP contribution in [0.1, 0.15) is 32.6 Å². The van der Waals surface area contributed by atoms with E-state index in [0.29, 0.717) is 6.04 Å². The molecule has 0 aromatic carbocycles. The van der Waals surface area contributed by atoms with Crippen LogP contribution in [0.5, 0.6) is 0 Å². The van der Waals surface area contributed by atoms with Gasteiger partial charge in [0.25, 0.3) is 0 Å². The monoisotopic (exact) mass is 316 g/mol. The van der Waals surface area contributed by atoms with Crippen LogP contribution in [0.15, 0.2) is 0 Å². The minimum absolute atomic E-state index is 0.249. The Balaban J connectivity index is 2.35. The lowest BCUT2D eigenvalue weighted by Gasteiger charge is -2.55. The molecule has 2 rings (SSSR count). The van der Waals surface area contributed by atoms with Gasteiger partial charge in [-0.3, -0.25) is 4.90 Å². The third-order valence-corrected chi connectivity index (χ3v) is 9.81. The standard InChI is InChI=1S/C15H32N2O3Si/c1-5-8-15(18-2)14(17-11-9-16-10-12-17)7-6-13-21(15,19-3)20-4/h14,16H,5-13H2,1-4H3. The Morgan fingerprint density at radius 3 is 2.38 bits per heavy atom. The smallest absolute Gasteiger partial charge is 0.372 e. The molecule has 2 atom stereocenters. The molecule has 0 amide bonds. The highest BCUT2D eigenvalue weighted by Gasteiger charge is 2.64. The average molecular weight is 317 g/mol. The quantitative estimate of drug-likeness (QED) is 0.753. The van der Waals surface area contributed by atoms with Gasteiger partial charge in [0.2, 0.25) is 0 Å². The van der Waals surface area contributed by atoms with Crippen molar-refractivity contribution < 1.29 is 13.6 Å². The van der Waals surface area contributed by atoms with E-state index in [1.54, 1.807) is 0 Å². The molecular formula is C15H32N2O3Si. The zero-order valence-electron chi connectivity index (χ0n) is 14.1. The van der Waals surface area contributed by atoms with Crippen LogP contribution in [0.4, 0.5) is 0 Å². The Morgan fingerprint density at radius 2 is 1.86 bits per heavy atom. The Bertz CT molecular complexity index is 322. The highest BCUT2D eigenvalue weighted by molar-refractivity contribution is 6.71. The Kier molecular flexibility index (Phi) is 6.22. The molecule has 2 heterocycles. The van der Waals surface area contributed by atoms with E-state index in [2.05, 4.69) is 17.1 Å².